The fraction of sp³-hybridized carbons (Fsp3) is 0.222. The Morgan fingerprint density at radius 1 is 1.00 bits per heavy atom. The molecule has 0 aliphatic rings. The molecule has 0 unspecified atom stereocenters. The second kappa shape index (κ2) is 8.44. The van der Waals surface area contributed by atoms with E-state index in [1.165, 1.54) is 5.56 Å². The summed E-state index contributed by atoms with van der Waals surface area (Å²) in [6.45, 7) is 1.12. The quantitative estimate of drug-likeness (QED) is 0.818. The minimum Gasteiger partial charge on any atom is -0.305 e. The predicted molar refractivity (Wildman–Crippen MR) is 100 cm³/mol. The maximum absolute atomic E-state index is 12.0. The SMILES string of the molecule is CN(C)Cc1ccc(CNS(=O)(=O)/C=C/c2ccc(Cl)cc2)cc1. The predicted octanol–water partition coefficient (Wildman–Crippen LogP) is 3.49. The van der Waals surface area contributed by atoms with Gasteiger partial charge >= 0.3 is 0 Å². The van der Waals surface area contributed by atoms with Gasteiger partial charge in [0.25, 0.3) is 0 Å². The van der Waals surface area contributed by atoms with Gasteiger partial charge in [-0.25, -0.2) is 13.1 Å². The summed E-state index contributed by atoms with van der Waals surface area (Å²) in [5.41, 5.74) is 2.88. The third-order valence-electron chi connectivity index (χ3n) is 3.31. The summed E-state index contributed by atoms with van der Waals surface area (Å²) >= 11 is 5.80. The van der Waals surface area contributed by atoms with Gasteiger partial charge in [-0.05, 0) is 49.0 Å². The van der Waals surface area contributed by atoms with E-state index < -0.39 is 10.0 Å². The number of nitrogens with zero attached hydrogens (tertiary/aromatic N) is 1. The van der Waals surface area contributed by atoms with Crippen LogP contribution in [0, 0.1) is 0 Å². The minimum absolute atomic E-state index is 0.259. The highest BCUT2D eigenvalue weighted by Crippen LogP contribution is 2.11. The number of sulfonamides is 1. The van der Waals surface area contributed by atoms with Crippen molar-refractivity contribution in [3.63, 3.8) is 0 Å². The lowest BCUT2D eigenvalue weighted by Crippen LogP contribution is -2.20. The Labute approximate surface area is 148 Å². The van der Waals surface area contributed by atoms with Crippen LogP contribution in [0.15, 0.2) is 53.9 Å². The van der Waals surface area contributed by atoms with Crippen molar-refractivity contribution in [2.45, 2.75) is 13.1 Å². The van der Waals surface area contributed by atoms with Crippen molar-refractivity contribution in [2.24, 2.45) is 0 Å². The van der Waals surface area contributed by atoms with E-state index in [1.807, 2.05) is 38.4 Å². The van der Waals surface area contributed by atoms with Crippen LogP contribution in [0.4, 0.5) is 0 Å². The van der Waals surface area contributed by atoms with Crippen molar-refractivity contribution in [1.82, 2.24) is 9.62 Å². The van der Waals surface area contributed by atoms with E-state index in [2.05, 4.69) is 9.62 Å². The summed E-state index contributed by atoms with van der Waals surface area (Å²) in [6, 6.07) is 14.8. The van der Waals surface area contributed by atoms with Gasteiger partial charge < -0.3 is 4.90 Å². The Morgan fingerprint density at radius 2 is 1.58 bits per heavy atom. The van der Waals surface area contributed by atoms with Gasteiger partial charge in [-0.15, -0.1) is 0 Å². The summed E-state index contributed by atoms with van der Waals surface area (Å²) in [5, 5.41) is 1.78. The summed E-state index contributed by atoms with van der Waals surface area (Å²) < 4.78 is 26.6. The van der Waals surface area contributed by atoms with Crippen LogP contribution in [0.1, 0.15) is 16.7 Å². The minimum atomic E-state index is -3.49. The molecule has 0 spiro atoms. The van der Waals surface area contributed by atoms with E-state index in [0.717, 1.165) is 23.1 Å². The third kappa shape index (κ3) is 6.45. The molecule has 0 heterocycles. The van der Waals surface area contributed by atoms with Crippen molar-refractivity contribution in [1.29, 1.82) is 0 Å². The number of benzene rings is 2. The molecule has 0 atom stereocenters. The first-order valence-electron chi connectivity index (χ1n) is 7.50. The van der Waals surface area contributed by atoms with Gasteiger partial charge in [0.15, 0.2) is 0 Å². The van der Waals surface area contributed by atoms with Crippen molar-refractivity contribution in [3.05, 3.63) is 75.7 Å². The third-order valence-corrected chi connectivity index (χ3v) is 4.60. The number of hydrogen-bond donors (Lipinski definition) is 1. The molecule has 24 heavy (non-hydrogen) atoms. The van der Waals surface area contributed by atoms with Crippen molar-refractivity contribution in [2.75, 3.05) is 14.1 Å². The molecule has 0 aliphatic heterocycles. The van der Waals surface area contributed by atoms with Gasteiger partial charge in [0, 0.05) is 23.5 Å². The first-order chi connectivity index (χ1) is 11.3. The van der Waals surface area contributed by atoms with E-state index in [9.17, 15) is 8.42 Å². The fourth-order valence-electron chi connectivity index (χ4n) is 2.10. The Morgan fingerprint density at radius 3 is 2.17 bits per heavy atom. The zero-order chi connectivity index (χ0) is 17.6. The Hall–Kier alpha value is -1.66. The molecule has 0 saturated heterocycles. The fourth-order valence-corrected chi connectivity index (χ4v) is 3.03. The number of rotatable bonds is 7. The largest absolute Gasteiger partial charge is 0.305 e. The number of nitrogens with one attached hydrogen (secondary N) is 1. The van der Waals surface area contributed by atoms with Gasteiger partial charge in [0.05, 0.1) is 0 Å². The Balaban J connectivity index is 1.93. The lowest BCUT2D eigenvalue weighted by Gasteiger charge is -2.10. The molecule has 0 aliphatic carbocycles. The number of hydrogen-bond acceptors (Lipinski definition) is 3. The second-order valence-electron chi connectivity index (χ2n) is 5.77. The average molecular weight is 365 g/mol. The summed E-state index contributed by atoms with van der Waals surface area (Å²) in [6.07, 6.45) is 1.54. The first kappa shape index (κ1) is 18.7. The van der Waals surface area contributed by atoms with Crippen molar-refractivity contribution >= 4 is 27.7 Å². The maximum atomic E-state index is 12.0. The van der Waals surface area contributed by atoms with Gasteiger partial charge in [-0.1, -0.05) is 48.0 Å². The molecule has 0 aromatic heterocycles. The molecule has 2 aromatic rings. The standard InChI is InChI=1S/C18H21ClN2O2S/c1-21(2)14-17-5-3-16(4-6-17)13-20-24(22,23)12-11-15-7-9-18(19)10-8-15/h3-12,20H,13-14H2,1-2H3/b12-11+. The Bertz CT molecular complexity index is 783. The van der Waals surface area contributed by atoms with E-state index in [0.29, 0.717) is 5.02 Å². The van der Waals surface area contributed by atoms with Crippen LogP contribution in [0.5, 0.6) is 0 Å². The zero-order valence-electron chi connectivity index (χ0n) is 13.7. The highest BCUT2D eigenvalue weighted by Gasteiger charge is 2.05. The smallest absolute Gasteiger partial charge is 0.234 e. The van der Waals surface area contributed by atoms with Gasteiger partial charge in [-0.3, -0.25) is 0 Å². The normalized spacial score (nSPS) is 12.2. The van der Waals surface area contributed by atoms with Crippen LogP contribution in [0.3, 0.4) is 0 Å². The molecule has 0 radical (unpaired) electrons. The molecule has 0 saturated carbocycles. The van der Waals surface area contributed by atoms with E-state index in [-0.39, 0.29) is 6.54 Å². The highest BCUT2D eigenvalue weighted by atomic mass is 35.5. The molecule has 128 valence electrons. The van der Waals surface area contributed by atoms with Gasteiger partial charge in [0.1, 0.15) is 0 Å². The summed E-state index contributed by atoms with van der Waals surface area (Å²) in [4.78, 5) is 2.08. The van der Waals surface area contributed by atoms with E-state index in [1.54, 1.807) is 30.3 Å². The van der Waals surface area contributed by atoms with Gasteiger partial charge in [-0.2, -0.15) is 0 Å². The Kier molecular flexibility index (Phi) is 6.57. The van der Waals surface area contributed by atoms with Crippen LogP contribution in [0.25, 0.3) is 6.08 Å². The molecule has 0 fully saturated rings. The lowest BCUT2D eigenvalue weighted by atomic mass is 10.1. The molecule has 2 aromatic carbocycles. The van der Waals surface area contributed by atoms with E-state index >= 15 is 0 Å². The molecule has 0 amide bonds. The topological polar surface area (TPSA) is 49.4 Å². The maximum Gasteiger partial charge on any atom is 0.234 e. The molecule has 4 nitrogen and oxygen atoms in total. The van der Waals surface area contributed by atoms with Crippen LogP contribution >= 0.6 is 11.6 Å². The first-order valence-corrected chi connectivity index (χ1v) is 9.42. The monoisotopic (exact) mass is 364 g/mol. The molecule has 1 N–H and O–H groups in total. The van der Waals surface area contributed by atoms with Crippen molar-refractivity contribution in [3.8, 4) is 0 Å². The van der Waals surface area contributed by atoms with Crippen LogP contribution < -0.4 is 4.72 Å². The molecule has 6 heteroatoms. The lowest BCUT2D eigenvalue weighted by molar-refractivity contribution is 0.402. The van der Waals surface area contributed by atoms with Crippen LogP contribution in [0.2, 0.25) is 5.02 Å². The van der Waals surface area contributed by atoms with E-state index in [4.69, 9.17) is 11.6 Å². The summed E-state index contributed by atoms with van der Waals surface area (Å²) in [5.74, 6) is 0. The average Bonchev–Trinajstić information content (AvgIpc) is 2.53. The zero-order valence-corrected chi connectivity index (χ0v) is 15.3. The molecular weight excluding hydrogens is 344 g/mol. The highest BCUT2D eigenvalue weighted by molar-refractivity contribution is 7.92. The second-order valence-corrected chi connectivity index (χ2v) is 7.86. The van der Waals surface area contributed by atoms with Crippen LogP contribution in [-0.2, 0) is 23.1 Å². The van der Waals surface area contributed by atoms with Crippen LogP contribution in [-0.4, -0.2) is 27.4 Å². The summed E-state index contributed by atoms with van der Waals surface area (Å²) in [7, 11) is 0.529. The molecule has 2 rings (SSSR count). The molecule has 0 bridgehead atoms. The van der Waals surface area contributed by atoms with Gasteiger partial charge in [0.2, 0.25) is 10.0 Å². The molecular formula is C18H21ClN2O2S. The van der Waals surface area contributed by atoms with Crippen molar-refractivity contribution < 1.29 is 8.42 Å². The number of halogens is 1.